The molecule has 9 nitrogen and oxygen atoms in total. The van der Waals surface area contributed by atoms with Gasteiger partial charge in [-0.3, -0.25) is 19.5 Å². The third-order valence-electron chi connectivity index (χ3n) is 6.29. The first-order valence-electron chi connectivity index (χ1n) is 12.0. The molecule has 0 N–H and O–H groups in total. The highest BCUT2D eigenvalue weighted by molar-refractivity contribution is 7.07. The maximum absolute atomic E-state index is 13.7. The second kappa shape index (κ2) is 10.5. The number of furan rings is 1. The van der Waals surface area contributed by atoms with Gasteiger partial charge in [-0.25, -0.2) is 9.79 Å². The number of allylic oxidation sites excluding steroid dienone is 1. The van der Waals surface area contributed by atoms with Crippen LogP contribution in [0.1, 0.15) is 36.8 Å². The van der Waals surface area contributed by atoms with Crippen molar-refractivity contribution in [3.05, 3.63) is 118 Å². The molecular weight excluding hydrogens is 542 g/mol. The summed E-state index contributed by atoms with van der Waals surface area (Å²) >= 11 is 7.28. The number of ether oxygens (including phenoxy) is 1. The first-order chi connectivity index (χ1) is 18.7. The van der Waals surface area contributed by atoms with E-state index in [4.69, 9.17) is 20.8 Å². The van der Waals surface area contributed by atoms with Crippen molar-refractivity contribution in [2.75, 3.05) is 6.61 Å². The molecule has 0 bridgehead atoms. The fourth-order valence-corrected chi connectivity index (χ4v) is 5.65. The molecule has 4 aromatic rings. The molecule has 198 valence electrons. The maximum Gasteiger partial charge on any atom is 0.338 e. The largest absolute Gasteiger partial charge is 0.463 e. The summed E-state index contributed by atoms with van der Waals surface area (Å²) in [6, 6.07) is 14.2. The Morgan fingerprint density at radius 3 is 2.62 bits per heavy atom. The zero-order valence-corrected chi connectivity index (χ0v) is 22.7. The van der Waals surface area contributed by atoms with Gasteiger partial charge in [0.15, 0.2) is 4.80 Å². The number of nitrogens with zero attached hydrogens (tertiary/aromatic N) is 3. The Morgan fingerprint density at radius 2 is 1.95 bits per heavy atom. The number of hydrogen-bond acceptors (Lipinski definition) is 8. The van der Waals surface area contributed by atoms with Crippen LogP contribution < -0.4 is 14.9 Å². The predicted molar refractivity (Wildman–Crippen MR) is 147 cm³/mol. The van der Waals surface area contributed by atoms with E-state index in [2.05, 4.69) is 4.99 Å². The van der Waals surface area contributed by atoms with Crippen molar-refractivity contribution >= 4 is 40.7 Å². The number of rotatable bonds is 6. The minimum absolute atomic E-state index is 0.00291. The third-order valence-corrected chi connectivity index (χ3v) is 7.52. The summed E-state index contributed by atoms with van der Waals surface area (Å²) in [5.41, 5.74) is 2.50. The van der Waals surface area contributed by atoms with Crippen LogP contribution >= 0.6 is 22.9 Å². The van der Waals surface area contributed by atoms with Gasteiger partial charge in [0, 0.05) is 28.8 Å². The maximum atomic E-state index is 13.7. The normalized spacial score (nSPS) is 15.2. The molecule has 0 saturated carbocycles. The molecule has 0 saturated heterocycles. The zero-order valence-electron chi connectivity index (χ0n) is 21.1. The number of aromatic nitrogens is 1. The Labute approximate surface area is 231 Å². The molecule has 1 aliphatic rings. The molecule has 0 radical (unpaired) electrons. The zero-order chi connectivity index (χ0) is 27.8. The van der Waals surface area contributed by atoms with Crippen molar-refractivity contribution in [1.82, 2.24) is 4.57 Å². The fourth-order valence-electron chi connectivity index (χ4n) is 4.49. The molecule has 5 rings (SSSR count). The number of esters is 1. The van der Waals surface area contributed by atoms with Crippen LogP contribution in [-0.2, 0) is 9.53 Å². The average Bonchev–Trinajstić information content (AvgIpc) is 3.48. The van der Waals surface area contributed by atoms with Crippen LogP contribution in [0.15, 0.2) is 80.1 Å². The number of carbonyl (C=O) groups excluding carboxylic acids is 1. The van der Waals surface area contributed by atoms with Crippen molar-refractivity contribution in [2.24, 2.45) is 4.99 Å². The van der Waals surface area contributed by atoms with Gasteiger partial charge in [0.1, 0.15) is 11.5 Å². The van der Waals surface area contributed by atoms with Crippen LogP contribution in [0.2, 0.25) is 5.02 Å². The van der Waals surface area contributed by atoms with E-state index in [-0.39, 0.29) is 23.4 Å². The van der Waals surface area contributed by atoms with Gasteiger partial charge in [-0.2, -0.15) is 0 Å². The van der Waals surface area contributed by atoms with Crippen LogP contribution in [0.25, 0.3) is 17.4 Å². The molecule has 2 aromatic heterocycles. The van der Waals surface area contributed by atoms with Gasteiger partial charge in [0.25, 0.3) is 11.2 Å². The number of hydrogen-bond donors (Lipinski definition) is 0. The van der Waals surface area contributed by atoms with Gasteiger partial charge in [0.05, 0.1) is 33.4 Å². The Bertz CT molecular complexity index is 1830. The van der Waals surface area contributed by atoms with Gasteiger partial charge >= 0.3 is 5.97 Å². The molecular formula is C28H22ClN3O6S. The molecule has 11 heteroatoms. The van der Waals surface area contributed by atoms with Crippen molar-refractivity contribution in [2.45, 2.75) is 26.8 Å². The first-order valence-corrected chi connectivity index (χ1v) is 13.2. The summed E-state index contributed by atoms with van der Waals surface area (Å²) in [5.74, 6) is 0.403. The highest BCUT2D eigenvalue weighted by atomic mass is 35.5. The van der Waals surface area contributed by atoms with Crippen LogP contribution in [0.5, 0.6) is 0 Å². The number of nitro groups is 1. The number of carbonyl (C=O) groups is 1. The van der Waals surface area contributed by atoms with E-state index in [1.165, 1.54) is 28.0 Å². The third kappa shape index (κ3) is 4.96. The van der Waals surface area contributed by atoms with E-state index in [1.807, 2.05) is 0 Å². The molecule has 0 spiro atoms. The van der Waals surface area contributed by atoms with Crippen LogP contribution in [-0.4, -0.2) is 22.1 Å². The quantitative estimate of drug-likeness (QED) is 0.186. The minimum atomic E-state index is -0.741. The van der Waals surface area contributed by atoms with Gasteiger partial charge < -0.3 is 9.15 Å². The Balaban J connectivity index is 1.60. The number of non-ortho nitro benzene ring substituents is 1. The van der Waals surface area contributed by atoms with Crippen molar-refractivity contribution in [1.29, 1.82) is 0 Å². The monoisotopic (exact) mass is 563 g/mol. The standard InChI is InChI=1S/C28H22ClN3O6S/c1-4-37-27(34)24-16(3)30-28-31(25(24)17-5-7-18(29)8-6-17)26(33)23(39-28)14-20-10-12-22(38-20)21-11-9-19(32(35)36)13-15(21)2/h5-14,25H,4H2,1-3H3/b23-14+/t25-/m0/s1. The number of halogens is 1. The molecule has 1 aliphatic heterocycles. The van der Waals surface area contributed by atoms with Crippen LogP contribution in [0.3, 0.4) is 0 Å². The average molecular weight is 564 g/mol. The smallest absolute Gasteiger partial charge is 0.338 e. The van der Waals surface area contributed by atoms with Crippen molar-refractivity contribution in [3.8, 4) is 11.3 Å². The van der Waals surface area contributed by atoms with Gasteiger partial charge in [-0.1, -0.05) is 35.1 Å². The van der Waals surface area contributed by atoms with Crippen LogP contribution in [0, 0.1) is 17.0 Å². The molecule has 0 aliphatic carbocycles. The van der Waals surface area contributed by atoms with E-state index in [9.17, 15) is 19.7 Å². The molecule has 3 heterocycles. The van der Waals surface area contributed by atoms with E-state index in [0.717, 1.165) is 0 Å². The summed E-state index contributed by atoms with van der Waals surface area (Å²) in [5, 5.41) is 11.6. The topological polar surface area (TPSA) is 117 Å². The first kappa shape index (κ1) is 26.3. The van der Waals surface area contributed by atoms with Gasteiger partial charge in [-0.15, -0.1) is 0 Å². The number of thiazole rings is 1. The Hall–Kier alpha value is -4.28. The molecule has 0 fully saturated rings. The van der Waals surface area contributed by atoms with Gasteiger partial charge in [-0.05, 0) is 62.2 Å². The lowest BCUT2D eigenvalue weighted by molar-refractivity contribution is -0.384. The molecule has 0 amide bonds. The summed E-state index contributed by atoms with van der Waals surface area (Å²) in [7, 11) is 0. The lowest BCUT2D eigenvalue weighted by Gasteiger charge is -2.24. The summed E-state index contributed by atoms with van der Waals surface area (Å²) in [4.78, 5) is 42.3. The highest BCUT2D eigenvalue weighted by Gasteiger charge is 2.33. The van der Waals surface area contributed by atoms with E-state index < -0.39 is 16.9 Å². The van der Waals surface area contributed by atoms with Crippen molar-refractivity contribution < 1.29 is 18.9 Å². The van der Waals surface area contributed by atoms with E-state index in [0.29, 0.717) is 48.3 Å². The second-order valence-electron chi connectivity index (χ2n) is 8.81. The number of nitro benzene ring substituents is 1. The molecule has 2 aromatic carbocycles. The Morgan fingerprint density at radius 1 is 1.21 bits per heavy atom. The lowest BCUT2D eigenvalue weighted by atomic mass is 9.96. The minimum Gasteiger partial charge on any atom is -0.463 e. The lowest BCUT2D eigenvalue weighted by Crippen LogP contribution is -2.39. The SMILES string of the molecule is CCOC(=O)C1=C(C)N=c2s/c(=C/c3ccc(-c4ccc([N+](=O)[O-])cc4C)o3)c(=O)n2[C@H]1c1ccc(Cl)cc1. The number of fused-ring (bicyclic) bond motifs is 1. The molecule has 1 atom stereocenters. The number of aryl methyl sites for hydroxylation is 1. The van der Waals surface area contributed by atoms with Crippen LogP contribution in [0.4, 0.5) is 5.69 Å². The highest BCUT2D eigenvalue weighted by Crippen LogP contribution is 2.32. The van der Waals surface area contributed by atoms with Gasteiger partial charge in [0.2, 0.25) is 0 Å². The summed E-state index contributed by atoms with van der Waals surface area (Å²) < 4.78 is 13.1. The molecule has 0 unspecified atom stereocenters. The summed E-state index contributed by atoms with van der Waals surface area (Å²) in [6.07, 6.45) is 1.62. The van der Waals surface area contributed by atoms with E-state index in [1.54, 1.807) is 69.3 Å². The van der Waals surface area contributed by atoms with Crippen molar-refractivity contribution in [3.63, 3.8) is 0 Å². The number of benzene rings is 2. The predicted octanol–water partition coefficient (Wildman–Crippen LogP) is 4.93. The molecule has 39 heavy (non-hydrogen) atoms. The van der Waals surface area contributed by atoms with E-state index >= 15 is 0 Å². The second-order valence-corrected chi connectivity index (χ2v) is 10.3. The summed E-state index contributed by atoms with van der Waals surface area (Å²) in [6.45, 7) is 5.39. The Kier molecular flexibility index (Phi) is 7.07. The fraction of sp³-hybridized carbons (Fsp3) is 0.179.